The Labute approximate surface area is 120 Å². The third-order valence-corrected chi connectivity index (χ3v) is 3.40. The molecule has 19 heavy (non-hydrogen) atoms. The van der Waals surface area contributed by atoms with Gasteiger partial charge in [-0.2, -0.15) is 0 Å². The van der Waals surface area contributed by atoms with Crippen LogP contribution in [0.15, 0.2) is 42.5 Å². The van der Waals surface area contributed by atoms with Gasteiger partial charge in [-0.25, -0.2) is 0 Å². The summed E-state index contributed by atoms with van der Waals surface area (Å²) in [5, 5.41) is 2.74. The maximum absolute atomic E-state index is 10.9. The molecular formula is C15H15BrO3. The van der Waals surface area contributed by atoms with Gasteiger partial charge in [-0.15, -0.1) is 0 Å². The molecule has 2 aromatic rings. The Morgan fingerprint density at radius 2 is 1.95 bits per heavy atom. The van der Waals surface area contributed by atoms with E-state index in [1.54, 1.807) is 0 Å². The van der Waals surface area contributed by atoms with Crippen LogP contribution in [0.2, 0.25) is 0 Å². The highest BCUT2D eigenvalue weighted by molar-refractivity contribution is 9.09. The first-order valence-electron chi connectivity index (χ1n) is 6.04. The summed E-state index contributed by atoms with van der Waals surface area (Å²) in [6.07, 6.45) is -0.281. The van der Waals surface area contributed by atoms with E-state index >= 15 is 0 Å². The number of fused-ring (bicyclic) bond motifs is 1. The van der Waals surface area contributed by atoms with Crippen LogP contribution in [0.25, 0.3) is 10.8 Å². The van der Waals surface area contributed by atoms with Crippen molar-refractivity contribution in [1.82, 2.24) is 0 Å². The van der Waals surface area contributed by atoms with E-state index in [1.165, 1.54) is 6.92 Å². The number of hydrogen-bond acceptors (Lipinski definition) is 3. The van der Waals surface area contributed by atoms with E-state index in [4.69, 9.17) is 9.47 Å². The molecule has 0 aliphatic heterocycles. The summed E-state index contributed by atoms with van der Waals surface area (Å²) in [5.74, 6) is 0.502. The van der Waals surface area contributed by atoms with Crippen LogP contribution in [0.3, 0.4) is 0 Å². The maximum atomic E-state index is 10.9. The molecule has 0 N–H and O–H groups in total. The van der Waals surface area contributed by atoms with Crippen LogP contribution in [0.5, 0.6) is 5.75 Å². The van der Waals surface area contributed by atoms with Gasteiger partial charge in [-0.05, 0) is 11.5 Å². The first-order chi connectivity index (χ1) is 9.20. The molecule has 0 radical (unpaired) electrons. The highest BCUT2D eigenvalue weighted by Crippen LogP contribution is 2.25. The van der Waals surface area contributed by atoms with Crippen LogP contribution in [-0.4, -0.2) is 24.0 Å². The van der Waals surface area contributed by atoms with Crippen molar-refractivity contribution in [3.05, 3.63) is 42.5 Å². The summed E-state index contributed by atoms with van der Waals surface area (Å²) < 4.78 is 10.9. The molecule has 2 aromatic carbocycles. The van der Waals surface area contributed by atoms with Crippen molar-refractivity contribution < 1.29 is 14.3 Å². The zero-order chi connectivity index (χ0) is 13.7. The minimum Gasteiger partial charge on any atom is -0.489 e. The lowest BCUT2D eigenvalue weighted by molar-refractivity contribution is -0.146. The van der Waals surface area contributed by atoms with Crippen LogP contribution in [0, 0.1) is 0 Å². The minimum atomic E-state index is -0.300. The van der Waals surface area contributed by atoms with Gasteiger partial charge in [-0.1, -0.05) is 52.3 Å². The van der Waals surface area contributed by atoms with Crippen molar-refractivity contribution in [3.63, 3.8) is 0 Å². The molecule has 0 aromatic heterocycles. The molecule has 1 unspecified atom stereocenters. The van der Waals surface area contributed by atoms with Crippen LogP contribution >= 0.6 is 15.9 Å². The number of carbonyl (C=O) groups is 1. The number of benzene rings is 2. The van der Waals surface area contributed by atoms with Crippen molar-refractivity contribution in [2.24, 2.45) is 0 Å². The molecule has 1 atom stereocenters. The molecule has 0 spiro atoms. The number of alkyl halides is 1. The molecule has 0 saturated heterocycles. The van der Waals surface area contributed by atoms with E-state index in [0.29, 0.717) is 11.9 Å². The van der Waals surface area contributed by atoms with Crippen LogP contribution in [0.1, 0.15) is 6.92 Å². The van der Waals surface area contributed by atoms with Gasteiger partial charge in [-0.3, -0.25) is 4.79 Å². The first kappa shape index (κ1) is 13.9. The SMILES string of the molecule is CC(=O)OC(CBr)COc1cccc2ccccc12. The number of ether oxygens (including phenoxy) is 2. The second kappa shape index (κ2) is 6.57. The normalized spacial score (nSPS) is 12.1. The van der Waals surface area contributed by atoms with Crippen molar-refractivity contribution in [1.29, 1.82) is 0 Å². The average Bonchev–Trinajstić information content (AvgIpc) is 2.43. The van der Waals surface area contributed by atoms with Gasteiger partial charge in [0, 0.05) is 17.6 Å². The van der Waals surface area contributed by atoms with Crippen LogP contribution in [-0.2, 0) is 9.53 Å². The highest BCUT2D eigenvalue weighted by Gasteiger charge is 2.12. The number of esters is 1. The quantitative estimate of drug-likeness (QED) is 0.624. The van der Waals surface area contributed by atoms with Crippen molar-refractivity contribution in [2.45, 2.75) is 13.0 Å². The number of hydrogen-bond donors (Lipinski definition) is 0. The minimum absolute atomic E-state index is 0.281. The van der Waals surface area contributed by atoms with Gasteiger partial charge in [0.15, 0.2) is 0 Å². The van der Waals surface area contributed by atoms with E-state index in [-0.39, 0.29) is 12.1 Å². The average molecular weight is 323 g/mol. The number of rotatable bonds is 5. The molecule has 0 saturated carbocycles. The lowest BCUT2D eigenvalue weighted by Gasteiger charge is -2.16. The Morgan fingerprint density at radius 1 is 1.21 bits per heavy atom. The summed E-state index contributed by atoms with van der Waals surface area (Å²) in [6, 6.07) is 13.9. The smallest absolute Gasteiger partial charge is 0.303 e. The fourth-order valence-electron chi connectivity index (χ4n) is 1.85. The second-order valence-electron chi connectivity index (χ2n) is 4.17. The molecule has 0 fully saturated rings. The third-order valence-electron chi connectivity index (χ3n) is 2.68. The number of halogens is 1. The third kappa shape index (κ3) is 3.70. The van der Waals surface area contributed by atoms with E-state index < -0.39 is 0 Å². The first-order valence-corrected chi connectivity index (χ1v) is 7.16. The van der Waals surface area contributed by atoms with Crippen LogP contribution in [0.4, 0.5) is 0 Å². The van der Waals surface area contributed by atoms with E-state index in [0.717, 1.165) is 16.5 Å². The molecule has 0 heterocycles. The zero-order valence-corrected chi connectivity index (χ0v) is 12.2. The predicted octanol–water partition coefficient (Wildman–Crippen LogP) is 3.55. The highest BCUT2D eigenvalue weighted by atomic mass is 79.9. The Morgan fingerprint density at radius 3 is 2.68 bits per heavy atom. The summed E-state index contributed by atoms with van der Waals surface area (Å²) in [5.41, 5.74) is 0. The summed E-state index contributed by atoms with van der Waals surface area (Å²) in [6.45, 7) is 1.73. The summed E-state index contributed by atoms with van der Waals surface area (Å²) in [4.78, 5) is 10.9. The molecule has 3 nitrogen and oxygen atoms in total. The summed E-state index contributed by atoms with van der Waals surface area (Å²) in [7, 11) is 0. The number of carbonyl (C=O) groups excluding carboxylic acids is 1. The van der Waals surface area contributed by atoms with Gasteiger partial charge in [0.05, 0.1) is 0 Å². The van der Waals surface area contributed by atoms with Gasteiger partial charge >= 0.3 is 5.97 Å². The molecule has 2 rings (SSSR count). The Hall–Kier alpha value is -1.55. The fourth-order valence-corrected chi connectivity index (χ4v) is 2.17. The van der Waals surface area contributed by atoms with Gasteiger partial charge in [0.1, 0.15) is 18.5 Å². The largest absolute Gasteiger partial charge is 0.489 e. The fraction of sp³-hybridized carbons (Fsp3) is 0.267. The molecule has 0 aliphatic rings. The van der Waals surface area contributed by atoms with E-state index in [2.05, 4.69) is 15.9 Å². The summed E-state index contributed by atoms with van der Waals surface area (Å²) >= 11 is 3.31. The monoisotopic (exact) mass is 322 g/mol. The van der Waals surface area contributed by atoms with E-state index in [1.807, 2.05) is 42.5 Å². The Kier molecular flexibility index (Phi) is 4.80. The van der Waals surface area contributed by atoms with Gasteiger partial charge in [0.25, 0.3) is 0 Å². The zero-order valence-electron chi connectivity index (χ0n) is 10.6. The molecular weight excluding hydrogens is 308 g/mol. The maximum Gasteiger partial charge on any atom is 0.303 e. The van der Waals surface area contributed by atoms with Gasteiger partial charge in [0.2, 0.25) is 0 Å². The topological polar surface area (TPSA) is 35.5 Å². The molecule has 100 valence electrons. The Balaban J connectivity index is 2.11. The van der Waals surface area contributed by atoms with Crippen molar-refractivity contribution in [3.8, 4) is 5.75 Å². The Bertz CT molecular complexity index is 563. The second-order valence-corrected chi connectivity index (χ2v) is 4.82. The van der Waals surface area contributed by atoms with Crippen LogP contribution < -0.4 is 4.74 Å². The molecule has 0 amide bonds. The molecule has 0 aliphatic carbocycles. The predicted molar refractivity (Wildman–Crippen MR) is 78.8 cm³/mol. The molecule has 0 bridgehead atoms. The molecule has 4 heteroatoms. The lowest BCUT2D eigenvalue weighted by atomic mass is 10.1. The van der Waals surface area contributed by atoms with Crippen molar-refractivity contribution >= 4 is 32.7 Å². The van der Waals surface area contributed by atoms with Crippen molar-refractivity contribution in [2.75, 3.05) is 11.9 Å². The standard InChI is InChI=1S/C15H15BrO3/c1-11(17)19-13(9-16)10-18-15-8-4-6-12-5-2-3-7-14(12)15/h2-8,13H,9-10H2,1H3. The lowest BCUT2D eigenvalue weighted by Crippen LogP contribution is -2.25. The van der Waals surface area contributed by atoms with E-state index in [9.17, 15) is 4.79 Å². The van der Waals surface area contributed by atoms with Gasteiger partial charge < -0.3 is 9.47 Å².